The summed E-state index contributed by atoms with van der Waals surface area (Å²) < 4.78 is 24.5. The number of Topliss-reactive ketones (excluding diaryl/α,β-unsaturated/α-hetero) is 1. The molecule has 0 spiro atoms. The quantitative estimate of drug-likeness (QED) is 0.315. The minimum atomic E-state index is -0.766. The lowest BCUT2D eigenvalue weighted by molar-refractivity contribution is -0.140. The predicted molar refractivity (Wildman–Crippen MR) is 124 cm³/mol. The van der Waals surface area contributed by atoms with Gasteiger partial charge in [-0.05, 0) is 68.4 Å². The van der Waals surface area contributed by atoms with Crippen molar-refractivity contribution in [1.82, 2.24) is 14.9 Å². The number of rotatable bonds is 7. The van der Waals surface area contributed by atoms with Crippen LogP contribution in [0.15, 0.2) is 66.0 Å². The van der Waals surface area contributed by atoms with Gasteiger partial charge in [-0.25, -0.2) is 14.2 Å². The fourth-order valence-corrected chi connectivity index (χ4v) is 4.05. The number of aromatic nitrogens is 2. The number of ketones is 1. The van der Waals surface area contributed by atoms with Gasteiger partial charge in [0.2, 0.25) is 11.7 Å². The molecule has 1 fully saturated rings. The maximum absolute atomic E-state index is 13.3. The largest absolute Gasteiger partial charge is 0.460 e. The number of benzene rings is 1. The molecule has 0 atom stereocenters. The van der Waals surface area contributed by atoms with Crippen LogP contribution in [0.3, 0.4) is 0 Å². The predicted octanol–water partition coefficient (Wildman–Crippen LogP) is 3.60. The summed E-state index contributed by atoms with van der Waals surface area (Å²) in [5.74, 6) is -1.84. The van der Waals surface area contributed by atoms with E-state index in [2.05, 4.69) is 20.2 Å². The molecule has 34 heavy (non-hydrogen) atoms. The maximum atomic E-state index is 13.3. The standard InChI is InChI=1S/C25H23FN4O4/c26-17-5-7-18(8-6-17)29-24-21(25(32)33-13-12-30-10-1-2-11-30)22(31)20(34-24)14-16-15-28-23-19(16)4-3-9-27-23/h3-9,14-15,29H,1-2,10-13H2,(H,27,28)/b20-14-. The molecule has 0 aliphatic carbocycles. The van der Waals surface area contributed by atoms with Crippen molar-refractivity contribution in [3.63, 3.8) is 0 Å². The first-order valence-electron chi connectivity index (χ1n) is 11.1. The summed E-state index contributed by atoms with van der Waals surface area (Å²) in [4.78, 5) is 35.6. The molecule has 2 aliphatic rings. The molecule has 0 bridgehead atoms. The molecule has 174 valence electrons. The van der Waals surface area contributed by atoms with Crippen LogP contribution in [0.4, 0.5) is 10.1 Å². The van der Waals surface area contributed by atoms with E-state index in [0.29, 0.717) is 23.4 Å². The van der Waals surface area contributed by atoms with Crippen LogP contribution < -0.4 is 5.32 Å². The molecule has 3 aromatic rings. The number of fused-ring (bicyclic) bond motifs is 1. The molecule has 0 radical (unpaired) electrons. The molecule has 1 saturated heterocycles. The van der Waals surface area contributed by atoms with Crippen LogP contribution in [0.1, 0.15) is 18.4 Å². The van der Waals surface area contributed by atoms with E-state index in [4.69, 9.17) is 9.47 Å². The van der Waals surface area contributed by atoms with Crippen LogP contribution in [0, 0.1) is 5.82 Å². The third-order valence-electron chi connectivity index (χ3n) is 5.81. The van der Waals surface area contributed by atoms with Crippen molar-refractivity contribution in [3.05, 3.63) is 77.4 Å². The SMILES string of the molecule is O=C(OCCN1CCCC1)C1=C(Nc2ccc(F)cc2)O/C(=C\c2c[nH]c3ncccc23)C1=O. The van der Waals surface area contributed by atoms with Crippen LogP contribution in [0.2, 0.25) is 0 Å². The van der Waals surface area contributed by atoms with E-state index >= 15 is 0 Å². The fourth-order valence-electron chi connectivity index (χ4n) is 4.05. The molecule has 0 saturated carbocycles. The van der Waals surface area contributed by atoms with Gasteiger partial charge in [-0.3, -0.25) is 9.69 Å². The molecule has 2 N–H and O–H groups in total. The Labute approximate surface area is 195 Å². The van der Waals surface area contributed by atoms with Gasteiger partial charge in [-0.15, -0.1) is 0 Å². The minimum Gasteiger partial charge on any atom is -0.460 e. The number of carbonyl (C=O) groups is 2. The van der Waals surface area contributed by atoms with E-state index in [1.807, 2.05) is 6.07 Å². The van der Waals surface area contributed by atoms with E-state index in [-0.39, 0.29) is 23.8 Å². The summed E-state index contributed by atoms with van der Waals surface area (Å²) in [7, 11) is 0. The van der Waals surface area contributed by atoms with Crippen molar-refractivity contribution in [2.75, 3.05) is 31.6 Å². The molecular weight excluding hydrogens is 439 g/mol. The summed E-state index contributed by atoms with van der Waals surface area (Å²) in [6, 6.07) is 9.16. The third kappa shape index (κ3) is 4.55. The molecule has 5 rings (SSSR count). The highest BCUT2D eigenvalue weighted by Gasteiger charge is 2.37. The second-order valence-electron chi connectivity index (χ2n) is 8.10. The van der Waals surface area contributed by atoms with Crippen LogP contribution in [0.5, 0.6) is 0 Å². The number of aromatic amines is 1. The Bertz CT molecular complexity index is 1290. The highest BCUT2D eigenvalue weighted by atomic mass is 19.1. The number of halogens is 1. The van der Waals surface area contributed by atoms with E-state index < -0.39 is 17.6 Å². The zero-order valence-corrected chi connectivity index (χ0v) is 18.3. The molecule has 2 aromatic heterocycles. The Kier molecular flexibility index (Phi) is 6.09. The van der Waals surface area contributed by atoms with Gasteiger partial charge in [0.05, 0.1) is 0 Å². The molecule has 1 aromatic carbocycles. The second-order valence-corrected chi connectivity index (χ2v) is 8.10. The number of carbonyl (C=O) groups excluding carboxylic acids is 2. The summed E-state index contributed by atoms with van der Waals surface area (Å²) in [6.07, 6.45) is 7.19. The molecule has 0 unspecified atom stereocenters. The first kappa shape index (κ1) is 21.8. The van der Waals surface area contributed by atoms with Crippen LogP contribution in [0.25, 0.3) is 17.1 Å². The van der Waals surface area contributed by atoms with Gasteiger partial charge in [-0.1, -0.05) is 0 Å². The van der Waals surface area contributed by atoms with Crippen molar-refractivity contribution in [1.29, 1.82) is 0 Å². The molecule has 9 heteroatoms. The summed E-state index contributed by atoms with van der Waals surface area (Å²) in [5, 5.41) is 3.71. The fraction of sp³-hybridized carbons (Fsp3) is 0.240. The number of hydrogen-bond acceptors (Lipinski definition) is 7. The van der Waals surface area contributed by atoms with Crippen molar-refractivity contribution in [2.24, 2.45) is 0 Å². The monoisotopic (exact) mass is 462 g/mol. The van der Waals surface area contributed by atoms with Crippen molar-refractivity contribution in [3.8, 4) is 0 Å². The number of anilines is 1. The van der Waals surface area contributed by atoms with Gasteiger partial charge >= 0.3 is 5.97 Å². The van der Waals surface area contributed by atoms with Gasteiger partial charge in [0.25, 0.3) is 0 Å². The third-order valence-corrected chi connectivity index (χ3v) is 5.81. The topological polar surface area (TPSA) is 96.6 Å². The van der Waals surface area contributed by atoms with Gasteiger partial charge in [0.1, 0.15) is 18.1 Å². The Morgan fingerprint density at radius 1 is 1.24 bits per heavy atom. The first-order chi connectivity index (χ1) is 16.6. The van der Waals surface area contributed by atoms with Gasteiger partial charge < -0.3 is 19.8 Å². The summed E-state index contributed by atoms with van der Waals surface area (Å²) in [5.41, 5.74) is 1.59. The van der Waals surface area contributed by atoms with Gasteiger partial charge in [0, 0.05) is 35.6 Å². The van der Waals surface area contributed by atoms with Crippen LogP contribution in [-0.4, -0.2) is 52.9 Å². The number of hydrogen-bond donors (Lipinski definition) is 2. The number of nitrogens with one attached hydrogen (secondary N) is 2. The first-order valence-corrected chi connectivity index (χ1v) is 11.1. The zero-order valence-electron chi connectivity index (χ0n) is 18.3. The van der Waals surface area contributed by atoms with E-state index in [1.165, 1.54) is 24.3 Å². The number of allylic oxidation sites excluding steroid dienone is 1. The van der Waals surface area contributed by atoms with E-state index in [9.17, 15) is 14.0 Å². The summed E-state index contributed by atoms with van der Waals surface area (Å²) in [6.45, 7) is 2.74. The smallest absolute Gasteiger partial charge is 0.347 e. The van der Waals surface area contributed by atoms with Crippen LogP contribution in [-0.2, 0) is 19.1 Å². The molecule has 4 heterocycles. The van der Waals surface area contributed by atoms with Crippen LogP contribution >= 0.6 is 0 Å². The highest BCUT2D eigenvalue weighted by molar-refractivity contribution is 6.26. The lowest BCUT2D eigenvalue weighted by atomic mass is 10.1. The minimum absolute atomic E-state index is 0.0270. The average molecular weight is 462 g/mol. The van der Waals surface area contributed by atoms with Crippen molar-refractivity contribution < 1.29 is 23.5 Å². The number of nitrogens with zero attached hydrogens (tertiary/aromatic N) is 2. The lowest BCUT2D eigenvalue weighted by Crippen LogP contribution is -2.26. The number of H-pyrrole nitrogens is 1. The Hall–Kier alpha value is -3.98. The molecule has 2 aliphatic heterocycles. The number of likely N-dealkylation sites (tertiary alicyclic amines) is 1. The van der Waals surface area contributed by atoms with Crippen molar-refractivity contribution >= 4 is 34.5 Å². The highest BCUT2D eigenvalue weighted by Crippen LogP contribution is 2.30. The normalized spacial score (nSPS) is 17.6. The Morgan fingerprint density at radius 3 is 2.82 bits per heavy atom. The average Bonchev–Trinajstić information content (AvgIpc) is 3.56. The lowest BCUT2D eigenvalue weighted by Gasteiger charge is -2.14. The second kappa shape index (κ2) is 9.48. The Morgan fingerprint density at radius 2 is 2.03 bits per heavy atom. The number of esters is 1. The van der Waals surface area contributed by atoms with Crippen molar-refractivity contribution in [2.45, 2.75) is 12.8 Å². The zero-order chi connectivity index (χ0) is 23.5. The molecule has 0 amide bonds. The van der Waals surface area contributed by atoms with Gasteiger partial charge in [0.15, 0.2) is 11.3 Å². The Balaban J connectivity index is 1.40. The van der Waals surface area contributed by atoms with E-state index in [0.717, 1.165) is 31.3 Å². The van der Waals surface area contributed by atoms with Gasteiger partial charge in [-0.2, -0.15) is 0 Å². The number of pyridine rings is 1. The summed E-state index contributed by atoms with van der Waals surface area (Å²) >= 11 is 0. The molecular formula is C25H23FN4O4. The molecule has 8 nitrogen and oxygen atoms in total. The number of ether oxygens (including phenoxy) is 2. The maximum Gasteiger partial charge on any atom is 0.347 e. The van der Waals surface area contributed by atoms with E-state index in [1.54, 1.807) is 24.5 Å².